The maximum absolute atomic E-state index is 13.1. The van der Waals surface area contributed by atoms with Crippen LogP contribution in [0, 0.1) is 23.7 Å². The first-order valence-corrected chi connectivity index (χ1v) is 42.3. The Hall–Kier alpha value is -1.94. The second-order valence-electron chi connectivity index (χ2n) is 28.8. The minimum atomic E-state index is -4.96. The molecule has 0 aromatic rings. The maximum atomic E-state index is 13.1. The predicted molar refractivity (Wildman–Crippen MR) is 386 cm³/mol. The SMILES string of the molecule is CCC(C)CCCCCCCCCCCCC(=O)OC[C@H](COP(=O)(O)OCC(O)COP(=O)(O)OC[C@@H](COC(=O)CCCCCCCCCC(C)C)OC(=O)CCCCCCCCCCC(C)CC)OC(=O)CCCCCCCCCCCCCCCCCCC(C)C. The molecule has 0 radical (unpaired) electrons. The van der Waals surface area contributed by atoms with Gasteiger partial charge in [-0.15, -0.1) is 0 Å². The van der Waals surface area contributed by atoms with E-state index in [-0.39, 0.29) is 25.7 Å². The summed E-state index contributed by atoms with van der Waals surface area (Å²) in [6, 6.07) is 0. The Morgan fingerprint density at radius 3 is 0.747 bits per heavy atom. The molecular formula is C76H148O17P2. The van der Waals surface area contributed by atoms with Crippen molar-refractivity contribution in [2.24, 2.45) is 23.7 Å². The first kappa shape index (κ1) is 93.1. The van der Waals surface area contributed by atoms with Crippen LogP contribution in [0.15, 0.2) is 0 Å². The van der Waals surface area contributed by atoms with E-state index in [4.69, 9.17) is 37.0 Å². The van der Waals surface area contributed by atoms with Crippen molar-refractivity contribution in [1.82, 2.24) is 0 Å². The van der Waals surface area contributed by atoms with Gasteiger partial charge < -0.3 is 33.8 Å². The first-order chi connectivity index (χ1) is 45.7. The predicted octanol–water partition coefficient (Wildman–Crippen LogP) is 22.0. The van der Waals surface area contributed by atoms with Crippen LogP contribution in [0.2, 0.25) is 0 Å². The largest absolute Gasteiger partial charge is 0.472 e. The summed E-state index contributed by atoms with van der Waals surface area (Å²) in [5.41, 5.74) is 0. The molecule has 0 amide bonds. The van der Waals surface area contributed by atoms with Crippen molar-refractivity contribution in [3.63, 3.8) is 0 Å². The van der Waals surface area contributed by atoms with Gasteiger partial charge in [-0.25, -0.2) is 9.13 Å². The highest BCUT2D eigenvalue weighted by atomic mass is 31.2. The molecule has 0 aromatic heterocycles. The molecular weight excluding hydrogens is 1250 g/mol. The van der Waals surface area contributed by atoms with Crippen molar-refractivity contribution in [3.05, 3.63) is 0 Å². The van der Waals surface area contributed by atoms with Crippen LogP contribution in [0.4, 0.5) is 0 Å². The van der Waals surface area contributed by atoms with Crippen molar-refractivity contribution in [3.8, 4) is 0 Å². The Labute approximate surface area is 581 Å². The summed E-state index contributed by atoms with van der Waals surface area (Å²) in [4.78, 5) is 72.8. The van der Waals surface area contributed by atoms with Crippen LogP contribution in [0.5, 0.6) is 0 Å². The molecule has 0 rings (SSSR count). The number of rotatable bonds is 73. The lowest BCUT2D eigenvalue weighted by atomic mass is 9.99. The van der Waals surface area contributed by atoms with Gasteiger partial charge in [-0.05, 0) is 49.4 Å². The molecule has 95 heavy (non-hydrogen) atoms. The zero-order valence-corrected chi connectivity index (χ0v) is 64.1. The Morgan fingerprint density at radius 1 is 0.295 bits per heavy atom. The lowest BCUT2D eigenvalue weighted by Gasteiger charge is -2.21. The van der Waals surface area contributed by atoms with Crippen molar-refractivity contribution < 1.29 is 80.2 Å². The minimum Gasteiger partial charge on any atom is -0.462 e. The van der Waals surface area contributed by atoms with E-state index in [0.29, 0.717) is 31.6 Å². The highest BCUT2D eigenvalue weighted by molar-refractivity contribution is 7.47. The average Bonchev–Trinajstić information content (AvgIpc) is 1.32. The van der Waals surface area contributed by atoms with E-state index in [9.17, 15) is 43.2 Å². The standard InChI is InChI=1S/C76H148O17P2/c1-9-68(7)54-46-38-30-22-19-20-23-32-40-48-56-73(78)86-62-71(92-75(80)58-50-42-33-24-18-16-14-12-11-13-15-17-21-28-36-44-52-66(3)4)64-90-94(82,83)88-60-70(77)61-89-95(84,85)91-65-72(63-87-74(79)57-49-41-35-27-29-37-45-53-67(5)6)93-76(81)59-51-43-34-26-25-31-39-47-55-69(8)10-2/h66-72,77H,9-65H2,1-8H3,(H,82,83)(H,84,85)/t68?,69?,70?,71-,72-/m1/s1. The number of ether oxygens (including phenoxy) is 4. The summed E-state index contributed by atoms with van der Waals surface area (Å²) >= 11 is 0. The van der Waals surface area contributed by atoms with Crippen LogP contribution in [-0.2, 0) is 65.4 Å². The monoisotopic (exact) mass is 1400 g/mol. The molecule has 5 unspecified atom stereocenters. The molecule has 0 aromatic carbocycles. The van der Waals surface area contributed by atoms with E-state index >= 15 is 0 Å². The maximum Gasteiger partial charge on any atom is 0.472 e. The third-order valence-corrected chi connectivity index (χ3v) is 20.2. The number of phosphoric ester groups is 2. The van der Waals surface area contributed by atoms with E-state index in [1.165, 1.54) is 180 Å². The molecule has 0 bridgehead atoms. The third kappa shape index (κ3) is 67.6. The van der Waals surface area contributed by atoms with Crippen LogP contribution in [0.25, 0.3) is 0 Å². The fourth-order valence-corrected chi connectivity index (χ4v) is 13.1. The highest BCUT2D eigenvalue weighted by Crippen LogP contribution is 2.45. The van der Waals surface area contributed by atoms with Crippen LogP contribution in [0.1, 0.15) is 383 Å². The number of hydrogen-bond acceptors (Lipinski definition) is 15. The number of phosphoric acid groups is 2. The van der Waals surface area contributed by atoms with E-state index in [0.717, 1.165) is 114 Å². The van der Waals surface area contributed by atoms with E-state index in [1.807, 2.05) is 0 Å². The summed E-state index contributed by atoms with van der Waals surface area (Å²) in [7, 11) is -9.91. The normalized spacial score (nSPS) is 14.7. The fourth-order valence-electron chi connectivity index (χ4n) is 11.5. The summed E-state index contributed by atoms with van der Waals surface area (Å²) in [5, 5.41) is 10.6. The Balaban J connectivity index is 5.25. The molecule has 19 heteroatoms. The van der Waals surface area contributed by atoms with Gasteiger partial charge in [0.05, 0.1) is 26.4 Å². The molecule has 3 N–H and O–H groups in total. The Morgan fingerprint density at radius 2 is 0.505 bits per heavy atom. The molecule has 17 nitrogen and oxygen atoms in total. The molecule has 564 valence electrons. The second-order valence-corrected chi connectivity index (χ2v) is 31.7. The number of hydrogen-bond donors (Lipinski definition) is 3. The summed E-state index contributed by atoms with van der Waals surface area (Å²) < 4.78 is 68.5. The summed E-state index contributed by atoms with van der Waals surface area (Å²) in [6.07, 6.45) is 49.9. The first-order valence-electron chi connectivity index (χ1n) is 39.3. The number of aliphatic hydroxyl groups excluding tert-OH is 1. The zero-order chi connectivity index (χ0) is 70.3. The van der Waals surface area contributed by atoms with E-state index < -0.39 is 97.5 Å². The molecule has 0 fully saturated rings. The molecule has 0 saturated heterocycles. The Bertz CT molecular complexity index is 1870. The quantitative estimate of drug-likeness (QED) is 0.0222. The molecule has 7 atom stereocenters. The topological polar surface area (TPSA) is 237 Å². The van der Waals surface area contributed by atoms with Crippen LogP contribution in [0.3, 0.4) is 0 Å². The molecule has 0 saturated carbocycles. The van der Waals surface area contributed by atoms with Gasteiger partial charge in [-0.3, -0.25) is 37.3 Å². The van der Waals surface area contributed by atoms with Crippen molar-refractivity contribution in [1.29, 1.82) is 0 Å². The van der Waals surface area contributed by atoms with E-state index in [1.54, 1.807) is 0 Å². The van der Waals surface area contributed by atoms with Gasteiger partial charge in [0.1, 0.15) is 19.3 Å². The minimum absolute atomic E-state index is 0.104. The molecule has 0 aliphatic rings. The van der Waals surface area contributed by atoms with Crippen LogP contribution < -0.4 is 0 Å². The highest BCUT2D eigenvalue weighted by Gasteiger charge is 2.30. The fraction of sp³-hybridized carbons (Fsp3) is 0.947. The van der Waals surface area contributed by atoms with Crippen molar-refractivity contribution in [2.75, 3.05) is 39.6 Å². The van der Waals surface area contributed by atoms with Gasteiger partial charge in [0.15, 0.2) is 12.2 Å². The molecule has 0 heterocycles. The van der Waals surface area contributed by atoms with Crippen molar-refractivity contribution in [2.45, 2.75) is 401 Å². The molecule has 0 spiro atoms. The summed E-state index contributed by atoms with van der Waals surface area (Å²) in [6.45, 7) is 14.2. The summed E-state index contributed by atoms with van der Waals surface area (Å²) in [5.74, 6) is 0.970. The molecule has 0 aliphatic heterocycles. The average molecular weight is 1400 g/mol. The number of aliphatic hydroxyl groups is 1. The second kappa shape index (κ2) is 65.4. The lowest BCUT2D eigenvalue weighted by Crippen LogP contribution is -2.30. The van der Waals surface area contributed by atoms with Gasteiger partial charge >= 0.3 is 39.5 Å². The lowest BCUT2D eigenvalue weighted by molar-refractivity contribution is -0.161. The van der Waals surface area contributed by atoms with Crippen LogP contribution in [-0.4, -0.2) is 96.7 Å². The number of unbranched alkanes of at least 4 members (excludes halogenated alkanes) is 37. The Kier molecular flexibility index (Phi) is 64.0. The van der Waals surface area contributed by atoms with Gasteiger partial charge in [-0.1, -0.05) is 331 Å². The number of carbonyl (C=O) groups excluding carboxylic acids is 4. The smallest absolute Gasteiger partial charge is 0.462 e. The van der Waals surface area contributed by atoms with E-state index in [2.05, 4.69) is 55.4 Å². The zero-order valence-electron chi connectivity index (χ0n) is 62.3. The van der Waals surface area contributed by atoms with Gasteiger partial charge in [0, 0.05) is 25.7 Å². The third-order valence-electron chi connectivity index (χ3n) is 18.3. The number of carbonyl (C=O) groups is 4. The van der Waals surface area contributed by atoms with Gasteiger partial charge in [0.25, 0.3) is 0 Å². The molecule has 0 aliphatic carbocycles. The van der Waals surface area contributed by atoms with Crippen molar-refractivity contribution >= 4 is 39.5 Å². The van der Waals surface area contributed by atoms with Gasteiger partial charge in [-0.2, -0.15) is 0 Å². The van der Waals surface area contributed by atoms with Gasteiger partial charge in [0.2, 0.25) is 0 Å². The van der Waals surface area contributed by atoms with Crippen LogP contribution >= 0.6 is 15.6 Å². The number of esters is 4.